The smallest absolute Gasteiger partial charge is 0.267 e. The lowest BCUT2D eigenvalue weighted by Crippen LogP contribution is -2.53. The third-order valence-electron chi connectivity index (χ3n) is 4.55. The number of carboxylic acid groups (broad SMARTS) is 1. The van der Waals surface area contributed by atoms with Crippen LogP contribution < -0.4 is 9.59 Å². The fraction of sp³-hybridized carbons (Fsp3) is 0.350. The number of rotatable bonds is 5. The van der Waals surface area contributed by atoms with Gasteiger partial charge in [-0.2, -0.15) is 0 Å². The molecule has 0 heterocycles. The van der Waals surface area contributed by atoms with Crippen molar-refractivity contribution in [1.82, 2.24) is 9.38 Å². The van der Waals surface area contributed by atoms with Crippen LogP contribution in [0.25, 0.3) is 0 Å². The summed E-state index contributed by atoms with van der Waals surface area (Å²) in [5.74, 6) is -0.479. The zero-order valence-corrected chi connectivity index (χ0v) is 15.4. The first-order chi connectivity index (χ1) is 11.6. The number of hydrogen-bond donors (Lipinski definition) is 0. The van der Waals surface area contributed by atoms with E-state index in [0.717, 1.165) is 12.1 Å². The Morgan fingerprint density at radius 3 is 2.20 bits per heavy atom. The largest absolute Gasteiger partial charge is 0.498 e. The second kappa shape index (κ2) is 6.94. The molecule has 2 aromatic rings. The number of nitrogens with zero attached hydrogens (tertiary/aromatic N) is 2. The fourth-order valence-corrected chi connectivity index (χ4v) is 3.20. The molecule has 25 heavy (non-hydrogen) atoms. The second-order valence-electron chi connectivity index (χ2n) is 7.42. The summed E-state index contributed by atoms with van der Waals surface area (Å²) >= 11 is 0. The van der Waals surface area contributed by atoms with E-state index in [9.17, 15) is 14.3 Å². The van der Waals surface area contributed by atoms with Gasteiger partial charge in [0.15, 0.2) is 0 Å². The Hall–Kier alpha value is -2.24. The second-order valence-corrected chi connectivity index (χ2v) is 7.42. The summed E-state index contributed by atoms with van der Waals surface area (Å²) in [5.41, 5.74) is 1.68. The van der Waals surface area contributed by atoms with Crippen LogP contribution in [0.5, 0.6) is 0 Å². The highest BCUT2D eigenvalue weighted by atomic mass is 19.1. The summed E-state index contributed by atoms with van der Waals surface area (Å²) in [6.45, 7) is 5.03. The minimum atomic E-state index is -1.31. The highest BCUT2D eigenvalue weighted by Crippen LogP contribution is 2.35. The van der Waals surface area contributed by atoms with Gasteiger partial charge in [-0.25, -0.2) is 8.87 Å². The zero-order valence-electron chi connectivity index (χ0n) is 15.4. The molecule has 2 rings (SSSR count). The topological polar surface area (TPSA) is 43.4 Å². The highest BCUT2D eigenvalue weighted by Gasteiger charge is 2.33. The normalized spacial score (nSPS) is 14.4. The molecule has 1 unspecified atom stereocenters. The summed E-state index contributed by atoms with van der Waals surface area (Å²) in [6, 6.07) is 13.0. The summed E-state index contributed by atoms with van der Waals surface area (Å²) in [5, 5.41) is 12.0. The van der Waals surface area contributed by atoms with E-state index in [2.05, 4.69) is 18.7 Å². The van der Waals surface area contributed by atoms with Gasteiger partial charge in [0.2, 0.25) is 0 Å². The number of carbonyl (C=O) groups is 1. The Morgan fingerprint density at radius 2 is 1.68 bits per heavy atom. The first kappa shape index (κ1) is 19.1. The monoisotopic (exact) mass is 344 g/mol. The molecule has 0 spiro atoms. The van der Waals surface area contributed by atoms with E-state index in [1.165, 1.54) is 25.2 Å². The minimum Gasteiger partial charge on any atom is -0.498 e. The number of halogens is 1. The first-order valence-electron chi connectivity index (χ1n) is 8.17. The zero-order chi connectivity index (χ0) is 18.8. The Bertz CT molecular complexity index is 774. The molecule has 4 nitrogen and oxygen atoms in total. The van der Waals surface area contributed by atoms with Gasteiger partial charge in [-0.1, -0.05) is 32.0 Å². The Morgan fingerprint density at radius 1 is 1.12 bits per heavy atom. The number of likely N-dealkylation sites (N-methyl/N-ethyl adjacent to an activating group) is 1. The van der Waals surface area contributed by atoms with Gasteiger partial charge in [0.25, 0.3) is 6.09 Å². The molecule has 1 amide bonds. The predicted octanol–water partition coefficient (Wildman–Crippen LogP) is 3.28. The first-order valence-corrected chi connectivity index (χ1v) is 8.17. The van der Waals surface area contributed by atoms with Gasteiger partial charge in [0, 0.05) is 36.2 Å². The number of carbonyl (C=O) groups excluding carboxylic acids is 1. The van der Waals surface area contributed by atoms with E-state index < -0.39 is 16.4 Å². The average Bonchev–Trinajstić information content (AvgIpc) is 2.53. The SMILES string of the molecule is CN(C)CC(C)(C)c1cccc([N+](C)(C(=O)[O-])c2cccc(F)c2)c1. The lowest BCUT2D eigenvalue weighted by molar-refractivity contribution is -0.259. The van der Waals surface area contributed by atoms with E-state index in [1.807, 2.05) is 32.3 Å². The lowest BCUT2D eigenvalue weighted by atomic mass is 9.84. The van der Waals surface area contributed by atoms with E-state index in [-0.39, 0.29) is 5.41 Å². The van der Waals surface area contributed by atoms with Crippen LogP contribution in [0.4, 0.5) is 20.6 Å². The van der Waals surface area contributed by atoms with Crippen molar-refractivity contribution in [2.75, 3.05) is 27.7 Å². The van der Waals surface area contributed by atoms with Crippen molar-refractivity contribution in [3.05, 3.63) is 59.9 Å². The third kappa shape index (κ3) is 3.89. The van der Waals surface area contributed by atoms with Crippen LogP contribution in [0, 0.1) is 5.82 Å². The molecule has 0 bridgehead atoms. The van der Waals surface area contributed by atoms with Crippen LogP contribution in [0.2, 0.25) is 0 Å². The Labute approximate surface area is 148 Å². The van der Waals surface area contributed by atoms with Gasteiger partial charge in [-0.15, -0.1) is 0 Å². The van der Waals surface area contributed by atoms with Crippen molar-refractivity contribution in [2.45, 2.75) is 19.3 Å². The number of quaternary nitrogens is 1. The fourth-order valence-electron chi connectivity index (χ4n) is 3.20. The van der Waals surface area contributed by atoms with E-state index in [0.29, 0.717) is 11.4 Å². The van der Waals surface area contributed by atoms with Crippen molar-refractivity contribution in [3.63, 3.8) is 0 Å². The minimum absolute atomic E-state index is 0.168. The van der Waals surface area contributed by atoms with Crippen molar-refractivity contribution >= 4 is 17.5 Å². The standard InChI is InChI=1S/C20H25FN2O2/c1-20(2,14-22(3)4)15-8-6-10-17(12-15)23(5,19(24)25)18-11-7-9-16(21)13-18/h6-13H,14H2,1-5H3. The van der Waals surface area contributed by atoms with Crippen LogP contribution in [0.15, 0.2) is 48.5 Å². The molecule has 0 aromatic heterocycles. The molecule has 0 aliphatic heterocycles. The molecule has 1 atom stereocenters. The van der Waals surface area contributed by atoms with Gasteiger partial charge < -0.3 is 14.8 Å². The van der Waals surface area contributed by atoms with Gasteiger partial charge in [-0.05, 0) is 25.7 Å². The van der Waals surface area contributed by atoms with E-state index in [4.69, 9.17) is 0 Å². The summed E-state index contributed by atoms with van der Waals surface area (Å²) < 4.78 is 13.0. The maximum atomic E-state index is 13.7. The number of hydrogen-bond acceptors (Lipinski definition) is 3. The molecule has 0 saturated heterocycles. The van der Waals surface area contributed by atoms with Crippen molar-refractivity contribution in [3.8, 4) is 0 Å². The molecule has 0 saturated carbocycles. The lowest BCUT2D eigenvalue weighted by Gasteiger charge is -2.34. The van der Waals surface area contributed by atoms with Crippen LogP contribution in [0.1, 0.15) is 19.4 Å². The van der Waals surface area contributed by atoms with Crippen molar-refractivity contribution in [1.29, 1.82) is 0 Å². The van der Waals surface area contributed by atoms with Gasteiger partial charge in [0.05, 0.1) is 7.05 Å². The maximum Gasteiger partial charge on any atom is 0.267 e. The molecular weight excluding hydrogens is 319 g/mol. The molecule has 0 radical (unpaired) electrons. The van der Waals surface area contributed by atoms with Crippen LogP contribution in [-0.4, -0.2) is 38.7 Å². The molecule has 5 heteroatoms. The molecule has 2 aromatic carbocycles. The molecule has 0 aliphatic rings. The Kier molecular flexibility index (Phi) is 5.30. The van der Waals surface area contributed by atoms with Gasteiger partial charge in [0.1, 0.15) is 17.2 Å². The van der Waals surface area contributed by atoms with Crippen LogP contribution in [0.3, 0.4) is 0 Å². The van der Waals surface area contributed by atoms with Gasteiger partial charge in [-0.3, -0.25) is 0 Å². The highest BCUT2D eigenvalue weighted by molar-refractivity contribution is 5.87. The number of amides is 1. The quantitative estimate of drug-likeness (QED) is 0.782. The summed E-state index contributed by atoms with van der Waals surface area (Å²) in [6.07, 6.45) is -1.31. The summed E-state index contributed by atoms with van der Waals surface area (Å²) in [4.78, 5) is 14.1. The van der Waals surface area contributed by atoms with E-state index >= 15 is 0 Å². The summed E-state index contributed by atoms with van der Waals surface area (Å²) in [7, 11) is 5.50. The molecular formula is C20H25FN2O2. The van der Waals surface area contributed by atoms with Crippen LogP contribution >= 0.6 is 0 Å². The molecule has 0 fully saturated rings. The predicted molar refractivity (Wildman–Crippen MR) is 97.2 cm³/mol. The molecule has 134 valence electrons. The maximum absolute atomic E-state index is 13.7. The van der Waals surface area contributed by atoms with E-state index in [1.54, 1.807) is 12.1 Å². The number of benzene rings is 2. The third-order valence-corrected chi connectivity index (χ3v) is 4.55. The van der Waals surface area contributed by atoms with Crippen molar-refractivity contribution in [2.24, 2.45) is 0 Å². The molecule has 0 aliphatic carbocycles. The van der Waals surface area contributed by atoms with Gasteiger partial charge >= 0.3 is 0 Å². The Balaban J connectivity index is 2.58. The average molecular weight is 344 g/mol. The molecule has 0 N–H and O–H groups in total. The van der Waals surface area contributed by atoms with Crippen molar-refractivity contribution < 1.29 is 14.3 Å². The van der Waals surface area contributed by atoms with Crippen LogP contribution in [-0.2, 0) is 5.41 Å².